The quantitative estimate of drug-likeness (QED) is 0.735. The van der Waals surface area contributed by atoms with E-state index in [1.165, 1.54) is 40.2 Å². The molecule has 1 aromatic rings. The van der Waals surface area contributed by atoms with Gasteiger partial charge in [0, 0.05) is 10.4 Å². The molecule has 0 aromatic heterocycles. The fourth-order valence-electron chi connectivity index (χ4n) is 3.81. The van der Waals surface area contributed by atoms with Gasteiger partial charge in [-0.1, -0.05) is 6.07 Å². The third kappa shape index (κ3) is 5.98. The Morgan fingerprint density at radius 2 is 1.85 bits per heavy atom. The van der Waals surface area contributed by atoms with Crippen LogP contribution in [0.1, 0.15) is 38.3 Å². The number of thioether (sulfide) groups is 1. The Balaban J connectivity index is 1.40. The van der Waals surface area contributed by atoms with Crippen LogP contribution in [0.5, 0.6) is 0 Å². The second-order valence-corrected chi connectivity index (χ2v) is 9.73. The van der Waals surface area contributed by atoms with Gasteiger partial charge in [-0.25, -0.2) is 0 Å². The number of rotatable bonds is 5. The predicted octanol–water partition coefficient (Wildman–Crippen LogP) is 0.909. The highest BCUT2D eigenvalue weighted by Crippen LogP contribution is 2.27. The van der Waals surface area contributed by atoms with Gasteiger partial charge in [0.1, 0.15) is 0 Å². The van der Waals surface area contributed by atoms with Crippen molar-refractivity contribution < 1.29 is 14.5 Å². The minimum absolute atomic E-state index is 0.0874. The van der Waals surface area contributed by atoms with Gasteiger partial charge in [0.2, 0.25) is 5.91 Å². The molecular weight excluding hydrogens is 358 g/mol. The monoisotopic (exact) mass is 390 g/mol. The minimum atomic E-state index is -0.191. The van der Waals surface area contributed by atoms with Crippen LogP contribution in [0.15, 0.2) is 23.1 Å². The zero-order valence-electron chi connectivity index (χ0n) is 16.8. The Labute approximate surface area is 166 Å². The number of carbonyl (C=O) groups is 2. The van der Waals surface area contributed by atoms with Crippen LogP contribution in [0.4, 0.5) is 0 Å². The maximum Gasteiger partial charge on any atom is 0.275 e. The van der Waals surface area contributed by atoms with Gasteiger partial charge in [0.05, 0.1) is 31.9 Å². The Kier molecular flexibility index (Phi) is 6.48. The molecule has 6 heteroatoms. The molecule has 1 aliphatic heterocycles. The maximum absolute atomic E-state index is 12.5. The number of quaternary nitrogens is 1. The molecule has 0 saturated carbocycles. The number of carbonyl (C=O) groups excluding carboxylic acids is 2. The third-order valence-corrected chi connectivity index (χ3v) is 6.16. The normalized spacial score (nSPS) is 17.7. The van der Waals surface area contributed by atoms with Crippen LogP contribution in [0, 0.1) is 0 Å². The van der Waals surface area contributed by atoms with Crippen molar-refractivity contribution >= 4 is 23.6 Å². The van der Waals surface area contributed by atoms with E-state index < -0.39 is 0 Å². The molecule has 2 amide bonds. The molecule has 148 valence electrons. The summed E-state index contributed by atoms with van der Waals surface area (Å²) in [6.07, 6.45) is 3.62. The molecule has 0 radical (unpaired) electrons. The first kappa shape index (κ1) is 20.2. The summed E-state index contributed by atoms with van der Waals surface area (Å²) < 4.78 is 0. The molecule has 1 aliphatic carbocycles. The molecule has 0 unspecified atom stereocenters. The van der Waals surface area contributed by atoms with Crippen molar-refractivity contribution in [2.24, 2.45) is 0 Å². The Morgan fingerprint density at radius 3 is 2.56 bits per heavy atom. The number of piperazine rings is 1. The van der Waals surface area contributed by atoms with Crippen LogP contribution in [0.25, 0.3) is 0 Å². The lowest BCUT2D eigenvalue weighted by molar-refractivity contribution is -0.896. The fraction of sp³-hybridized carbons (Fsp3) is 0.619. The summed E-state index contributed by atoms with van der Waals surface area (Å²) in [5.41, 5.74) is 2.74. The number of benzene rings is 1. The average Bonchev–Trinajstić information content (AvgIpc) is 3.06. The van der Waals surface area contributed by atoms with E-state index in [-0.39, 0.29) is 17.4 Å². The van der Waals surface area contributed by atoms with Crippen LogP contribution < -0.4 is 10.2 Å². The molecule has 1 fully saturated rings. The van der Waals surface area contributed by atoms with E-state index in [2.05, 4.69) is 23.5 Å². The van der Waals surface area contributed by atoms with E-state index in [0.717, 1.165) is 26.2 Å². The smallest absolute Gasteiger partial charge is 0.275 e. The molecule has 1 aromatic carbocycles. The van der Waals surface area contributed by atoms with Gasteiger partial charge in [-0.05, 0) is 63.3 Å². The second kappa shape index (κ2) is 8.65. The van der Waals surface area contributed by atoms with E-state index in [0.29, 0.717) is 12.3 Å². The molecular formula is C21H32N3O2S+. The Morgan fingerprint density at radius 1 is 1.15 bits per heavy atom. The van der Waals surface area contributed by atoms with Crippen LogP contribution in [0.3, 0.4) is 0 Å². The molecule has 1 heterocycles. The SMILES string of the molecule is CC(C)(C)NC(=O)C[NH+]1CCN(C(=O)CSc2ccc3c(c2)CCC3)CC1. The summed E-state index contributed by atoms with van der Waals surface area (Å²) >= 11 is 1.64. The lowest BCUT2D eigenvalue weighted by Crippen LogP contribution is -3.16. The van der Waals surface area contributed by atoms with Crippen LogP contribution >= 0.6 is 11.8 Å². The highest BCUT2D eigenvalue weighted by molar-refractivity contribution is 8.00. The topological polar surface area (TPSA) is 53.9 Å². The standard InChI is InChI=1S/C21H31N3O2S/c1-21(2,3)22-19(25)14-23-9-11-24(12-10-23)20(26)15-27-18-8-7-16-5-4-6-17(16)13-18/h7-8,13H,4-6,9-12,14-15H2,1-3H3,(H,22,25)/p+1. The molecule has 0 atom stereocenters. The highest BCUT2D eigenvalue weighted by Gasteiger charge is 2.26. The van der Waals surface area contributed by atoms with E-state index >= 15 is 0 Å². The largest absolute Gasteiger partial charge is 0.347 e. The van der Waals surface area contributed by atoms with Crippen molar-refractivity contribution in [3.05, 3.63) is 29.3 Å². The fourth-order valence-corrected chi connectivity index (χ4v) is 4.68. The molecule has 0 bridgehead atoms. The minimum Gasteiger partial charge on any atom is -0.347 e. The molecule has 2 aliphatic rings. The van der Waals surface area contributed by atoms with Gasteiger partial charge in [0.25, 0.3) is 5.91 Å². The Bertz CT molecular complexity index is 691. The molecule has 2 N–H and O–H groups in total. The molecule has 27 heavy (non-hydrogen) atoms. The Hall–Kier alpha value is -1.53. The first-order chi connectivity index (χ1) is 12.8. The number of hydrogen-bond acceptors (Lipinski definition) is 3. The van der Waals surface area contributed by atoms with Gasteiger partial charge in [-0.15, -0.1) is 11.8 Å². The maximum atomic E-state index is 12.5. The van der Waals surface area contributed by atoms with Gasteiger partial charge in [-0.2, -0.15) is 0 Å². The van der Waals surface area contributed by atoms with Crippen LogP contribution in [-0.4, -0.2) is 60.7 Å². The first-order valence-electron chi connectivity index (χ1n) is 9.97. The number of nitrogens with zero attached hydrogens (tertiary/aromatic N) is 1. The van der Waals surface area contributed by atoms with Crippen molar-refractivity contribution in [1.29, 1.82) is 0 Å². The van der Waals surface area contributed by atoms with E-state index in [9.17, 15) is 9.59 Å². The molecule has 1 saturated heterocycles. The number of hydrogen-bond donors (Lipinski definition) is 2. The molecule has 0 spiro atoms. The van der Waals surface area contributed by atoms with Crippen molar-refractivity contribution in [3.63, 3.8) is 0 Å². The highest BCUT2D eigenvalue weighted by atomic mass is 32.2. The van der Waals surface area contributed by atoms with E-state index in [4.69, 9.17) is 0 Å². The average molecular weight is 391 g/mol. The number of aryl methyl sites for hydroxylation is 2. The first-order valence-corrected chi connectivity index (χ1v) is 11.0. The van der Waals surface area contributed by atoms with E-state index in [1.54, 1.807) is 11.8 Å². The third-order valence-electron chi connectivity index (χ3n) is 5.18. The summed E-state index contributed by atoms with van der Waals surface area (Å²) in [5, 5.41) is 3.01. The lowest BCUT2D eigenvalue weighted by Gasteiger charge is -2.32. The predicted molar refractivity (Wildman–Crippen MR) is 109 cm³/mol. The van der Waals surface area contributed by atoms with Crippen LogP contribution in [0.2, 0.25) is 0 Å². The van der Waals surface area contributed by atoms with Crippen LogP contribution in [-0.2, 0) is 22.4 Å². The second-order valence-electron chi connectivity index (χ2n) is 8.68. The van der Waals surface area contributed by atoms with Crippen molar-refractivity contribution in [2.75, 3.05) is 38.5 Å². The summed E-state index contributed by atoms with van der Waals surface area (Å²) in [4.78, 5) is 29.0. The van der Waals surface area contributed by atoms with Gasteiger partial charge < -0.3 is 15.1 Å². The van der Waals surface area contributed by atoms with Crippen molar-refractivity contribution in [3.8, 4) is 0 Å². The summed E-state index contributed by atoms with van der Waals surface area (Å²) in [7, 11) is 0. The lowest BCUT2D eigenvalue weighted by atomic mass is 10.1. The number of nitrogens with one attached hydrogen (secondary N) is 2. The molecule has 3 rings (SSSR count). The summed E-state index contributed by atoms with van der Waals surface area (Å²) in [5.74, 6) is 0.793. The van der Waals surface area contributed by atoms with Crippen molar-refractivity contribution in [2.45, 2.75) is 50.5 Å². The number of fused-ring (bicyclic) bond motifs is 1. The molecule has 5 nitrogen and oxygen atoms in total. The van der Waals surface area contributed by atoms with E-state index in [1.807, 2.05) is 25.7 Å². The zero-order chi connectivity index (χ0) is 19.4. The van der Waals surface area contributed by atoms with Gasteiger partial charge in [-0.3, -0.25) is 9.59 Å². The van der Waals surface area contributed by atoms with Gasteiger partial charge >= 0.3 is 0 Å². The van der Waals surface area contributed by atoms with Crippen molar-refractivity contribution in [1.82, 2.24) is 10.2 Å². The number of amides is 2. The zero-order valence-corrected chi connectivity index (χ0v) is 17.6. The van der Waals surface area contributed by atoms with Gasteiger partial charge in [0.15, 0.2) is 6.54 Å². The summed E-state index contributed by atoms with van der Waals surface area (Å²) in [6.45, 7) is 9.63. The summed E-state index contributed by atoms with van der Waals surface area (Å²) in [6, 6.07) is 6.63.